The molecule has 6 rings (SSSR count). The van der Waals surface area contributed by atoms with E-state index in [0.717, 1.165) is 38.3 Å². The van der Waals surface area contributed by atoms with Gasteiger partial charge in [-0.1, -0.05) is 0 Å². The highest BCUT2D eigenvalue weighted by molar-refractivity contribution is 7.12. The smallest absolute Gasteiger partial charge is 0.203 e. The first-order valence-electron chi connectivity index (χ1n) is 17.9. The first kappa shape index (κ1) is 38.1. The van der Waals surface area contributed by atoms with Crippen molar-refractivity contribution in [3.05, 3.63) is 65.7 Å². The molecule has 3 unspecified atom stereocenters. The Hall–Kier alpha value is -4.68. The van der Waals surface area contributed by atoms with E-state index in [9.17, 15) is 0 Å². The molecule has 3 aromatic rings. The fourth-order valence-electron chi connectivity index (χ4n) is 6.10. The number of guanidine groups is 6. The second-order valence-electron chi connectivity index (χ2n) is 13.1. The maximum Gasteiger partial charge on any atom is 0.203 e. The van der Waals surface area contributed by atoms with Crippen molar-refractivity contribution in [3.63, 3.8) is 0 Å². The fraction of sp³-hybridized carbons (Fsp3) is 0.486. The molecule has 53 heavy (non-hydrogen) atoms. The molecule has 0 saturated heterocycles. The van der Waals surface area contributed by atoms with Crippen LogP contribution in [0, 0.1) is 20.8 Å². The average Bonchev–Trinajstić information content (AvgIpc) is 3.86. The summed E-state index contributed by atoms with van der Waals surface area (Å²) in [6.07, 6.45) is 2.40. The van der Waals surface area contributed by atoms with Gasteiger partial charge in [0, 0.05) is 75.3 Å². The van der Waals surface area contributed by atoms with Crippen LogP contribution in [0.1, 0.15) is 42.6 Å². The number of aliphatic imine (C=N–C) groups is 6. The molecule has 18 heteroatoms. The zero-order valence-electron chi connectivity index (χ0n) is 31.0. The molecule has 3 aliphatic rings. The maximum absolute atomic E-state index is 6.48. The van der Waals surface area contributed by atoms with Crippen LogP contribution in [0.3, 0.4) is 0 Å². The summed E-state index contributed by atoms with van der Waals surface area (Å²) in [6, 6.07) is 13.0. The van der Waals surface area contributed by atoms with Gasteiger partial charge in [0.15, 0.2) is 30.0 Å². The SMILES string of the molecule is CN=C1NC(N(CCc2ccc(C)s2)CC2N=C(N)NC(N(CCc3ccc(C)s3)CCC3N=C(N)NC(=NCCc4ccc(C)s4)N3)=N2)=NC(C)N1. The lowest BCUT2D eigenvalue weighted by Gasteiger charge is -2.34. The Morgan fingerprint density at radius 1 is 0.679 bits per heavy atom. The molecule has 6 heterocycles. The number of aryl methyl sites for hydroxylation is 3. The molecule has 9 N–H and O–H groups in total. The van der Waals surface area contributed by atoms with Gasteiger partial charge in [-0.2, -0.15) is 0 Å². The Balaban J connectivity index is 1.17. The minimum atomic E-state index is -0.462. The van der Waals surface area contributed by atoms with E-state index in [4.69, 9.17) is 31.4 Å². The molecule has 15 nitrogen and oxygen atoms in total. The average molecular weight is 778 g/mol. The first-order chi connectivity index (χ1) is 25.6. The van der Waals surface area contributed by atoms with Gasteiger partial charge in [-0.3, -0.25) is 25.9 Å². The third-order valence-corrected chi connectivity index (χ3v) is 11.9. The van der Waals surface area contributed by atoms with Crippen LogP contribution >= 0.6 is 34.0 Å². The van der Waals surface area contributed by atoms with Gasteiger partial charge in [-0.25, -0.2) is 20.0 Å². The van der Waals surface area contributed by atoms with Crippen LogP contribution in [-0.2, 0) is 19.3 Å². The van der Waals surface area contributed by atoms with E-state index in [1.165, 1.54) is 29.3 Å². The molecule has 3 atom stereocenters. The molecule has 0 amide bonds. The number of nitrogens with one attached hydrogen (secondary N) is 5. The van der Waals surface area contributed by atoms with Crippen LogP contribution in [-0.4, -0.2) is 104 Å². The molecule has 3 aliphatic heterocycles. The zero-order valence-corrected chi connectivity index (χ0v) is 33.5. The summed E-state index contributed by atoms with van der Waals surface area (Å²) in [6.45, 7) is 11.6. The van der Waals surface area contributed by atoms with Gasteiger partial charge in [0.2, 0.25) is 11.9 Å². The topological polar surface area (TPSA) is 193 Å². The highest BCUT2D eigenvalue weighted by Gasteiger charge is 2.27. The minimum absolute atomic E-state index is 0.135. The van der Waals surface area contributed by atoms with Crippen molar-refractivity contribution in [2.24, 2.45) is 41.4 Å². The molecule has 0 radical (unpaired) electrons. The van der Waals surface area contributed by atoms with Crippen molar-refractivity contribution in [2.75, 3.05) is 39.8 Å². The predicted octanol–water partition coefficient (Wildman–Crippen LogP) is 2.49. The van der Waals surface area contributed by atoms with Gasteiger partial charge in [-0.15, -0.1) is 34.0 Å². The number of rotatable bonds is 14. The second-order valence-corrected chi connectivity index (χ2v) is 17.2. The summed E-state index contributed by atoms with van der Waals surface area (Å²) >= 11 is 5.43. The molecular weight excluding hydrogens is 727 g/mol. The Morgan fingerprint density at radius 2 is 1.28 bits per heavy atom. The largest absolute Gasteiger partial charge is 0.370 e. The molecule has 0 saturated carbocycles. The monoisotopic (exact) mass is 777 g/mol. The van der Waals surface area contributed by atoms with Gasteiger partial charge in [-0.05, 0) is 76.9 Å². The van der Waals surface area contributed by atoms with Crippen molar-refractivity contribution in [2.45, 2.75) is 71.9 Å². The van der Waals surface area contributed by atoms with Crippen molar-refractivity contribution in [3.8, 4) is 0 Å². The third-order valence-electron chi connectivity index (χ3n) is 8.69. The maximum atomic E-state index is 6.48. The number of nitrogens with zero attached hydrogens (tertiary/aromatic N) is 8. The lowest BCUT2D eigenvalue weighted by atomic mass is 10.2. The Morgan fingerprint density at radius 3 is 1.91 bits per heavy atom. The molecule has 0 spiro atoms. The van der Waals surface area contributed by atoms with E-state index in [1.807, 2.05) is 29.6 Å². The number of nitrogens with two attached hydrogens (primary N) is 2. The lowest BCUT2D eigenvalue weighted by molar-refractivity contribution is 0.357. The van der Waals surface area contributed by atoms with Crippen molar-refractivity contribution < 1.29 is 0 Å². The van der Waals surface area contributed by atoms with E-state index in [2.05, 4.69) is 104 Å². The Bertz CT molecular complexity index is 1880. The molecular formula is C35H51N15S3. The standard InChI is InChI=1S/C35H51N15S3/c1-21-6-9-25(51-21)12-16-39-33-44-28(42-30(36)46-33)15-19-49(17-13-26-10-7-22(2)52-26)35-45-29(43-31(37)47-35)20-50(18-14-27-11-8-23(3)53-27)34-41-24(4)40-32(38-5)48-34/h6-11,24,28-29H,12-20H2,1-5H3,(H3,37,43,45,47)(H2,38,40,41,48)(H4,36,39,42,44,46). The number of hydrogen-bond donors (Lipinski definition) is 7. The zero-order chi connectivity index (χ0) is 37.3. The minimum Gasteiger partial charge on any atom is -0.370 e. The van der Waals surface area contributed by atoms with E-state index >= 15 is 0 Å². The summed E-state index contributed by atoms with van der Waals surface area (Å²) in [5, 5.41) is 16.4. The Labute approximate surface area is 323 Å². The summed E-state index contributed by atoms with van der Waals surface area (Å²) < 4.78 is 0. The summed E-state index contributed by atoms with van der Waals surface area (Å²) in [5.41, 5.74) is 12.7. The van der Waals surface area contributed by atoms with Crippen LogP contribution in [0.15, 0.2) is 66.4 Å². The number of hydrogen-bond acceptors (Lipinski definition) is 14. The third kappa shape index (κ3) is 11.2. The quantitative estimate of drug-likeness (QED) is 0.129. The fourth-order valence-corrected chi connectivity index (χ4v) is 8.74. The lowest BCUT2D eigenvalue weighted by Crippen LogP contribution is -2.57. The second kappa shape index (κ2) is 17.9. The van der Waals surface area contributed by atoms with Crippen LogP contribution in [0.4, 0.5) is 0 Å². The van der Waals surface area contributed by atoms with E-state index in [0.29, 0.717) is 55.9 Å². The van der Waals surface area contributed by atoms with Crippen LogP contribution in [0.5, 0.6) is 0 Å². The highest BCUT2D eigenvalue weighted by atomic mass is 32.1. The molecule has 0 aliphatic carbocycles. The van der Waals surface area contributed by atoms with Crippen LogP contribution < -0.4 is 38.1 Å². The summed E-state index contributed by atoms with van der Waals surface area (Å²) in [7, 11) is 1.75. The normalized spacial score (nSPS) is 21.3. The van der Waals surface area contributed by atoms with E-state index in [-0.39, 0.29) is 12.3 Å². The predicted molar refractivity (Wildman–Crippen MR) is 223 cm³/mol. The van der Waals surface area contributed by atoms with E-state index in [1.54, 1.807) is 18.4 Å². The van der Waals surface area contributed by atoms with Gasteiger partial charge in [0.1, 0.15) is 12.3 Å². The van der Waals surface area contributed by atoms with Crippen LogP contribution in [0.2, 0.25) is 0 Å². The van der Waals surface area contributed by atoms with Crippen LogP contribution in [0.25, 0.3) is 0 Å². The van der Waals surface area contributed by atoms with Crippen molar-refractivity contribution in [1.29, 1.82) is 0 Å². The van der Waals surface area contributed by atoms with Gasteiger partial charge in [0.05, 0.1) is 6.54 Å². The highest BCUT2D eigenvalue weighted by Crippen LogP contribution is 2.19. The van der Waals surface area contributed by atoms with Gasteiger partial charge >= 0.3 is 0 Å². The molecule has 0 aromatic carbocycles. The first-order valence-corrected chi connectivity index (χ1v) is 20.4. The van der Waals surface area contributed by atoms with Crippen molar-refractivity contribution in [1.82, 2.24) is 36.4 Å². The van der Waals surface area contributed by atoms with Crippen molar-refractivity contribution >= 4 is 69.8 Å². The summed E-state index contributed by atoms with van der Waals surface area (Å²) in [5.74, 6) is 3.40. The van der Waals surface area contributed by atoms with Gasteiger partial charge < -0.3 is 31.9 Å². The molecule has 0 fully saturated rings. The van der Waals surface area contributed by atoms with Gasteiger partial charge in [0.25, 0.3) is 0 Å². The van der Waals surface area contributed by atoms with E-state index < -0.39 is 6.17 Å². The molecule has 3 aromatic heterocycles. The molecule has 284 valence electrons. The molecule has 0 bridgehead atoms. The summed E-state index contributed by atoms with van der Waals surface area (Å²) in [4.78, 5) is 40.8. The Kier molecular flexibility index (Phi) is 12.9. The number of thiophene rings is 3.